The van der Waals surface area contributed by atoms with E-state index < -0.39 is 7.14 Å². The van der Waals surface area contributed by atoms with Crippen LogP contribution in [0.5, 0.6) is 0 Å². The summed E-state index contributed by atoms with van der Waals surface area (Å²) in [6, 6.07) is 67.5. The second kappa shape index (κ2) is 14.7. The Morgan fingerprint density at radius 2 is 0.633 bits per heavy atom. The van der Waals surface area contributed by atoms with E-state index in [4.69, 9.17) is 19.9 Å². The summed E-state index contributed by atoms with van der Waals surface area (Å²) < 4.78 is 17.0. The lowest BCUT2D eigenvalue weighted by molar-refractivity contribution is 0.591. The Balaban J connectivity index is 1.26. The summed E-state index contributed by atoms with van der Waals surface area (Å²) in [5, 5.41) is 4.43. The van der Waals surface area contributed by atoms with E-state index in [2.05, 4.69) is 72.8 Å². The van der Waals surface area contributed by atoms with Crippen LogP contribution in [0, 0.1) is 0 Å². The van der Waals surface area contributed by atoms with E-state index >= 15 is 4.57 Å². The standard InChI is InChI=1S/C54H35N4OP/c59-60(40-24-14-5-15-25-40,49-34-47(38-20-10-3-11-21-38)45-28-26-43-41(36-16-6-1-7-17-36)30-32-55-51(43)53(45)57-49)50-35-48(39-22-12-4-13-23-39)46-29-27-44-42(37-18-8-2-9-19-37)31-33-56-52(44)54(46)58-50/h1-35H. The topological polar surface area (TPSA) is 68.6 Å². The SMILES string of the molecule is O=P(c1ccccc1)(c1cc(-c2ccccc2)c2ccc3c(-c4ccccc4)ccnc3c2n1)c1cc(-c2ccccc2)c2ccc3c(-c4ccccc4)ccnc3c2n1. The lowest BCUT2D eigenvalue weighted by Crippen LogP contribution is -2.29. The number of fused-ring (bicyclic) bond motifs is 6. The van der Waals surface area contributed by atoms with Crippen molar-refractivity contribution in [1.82, 2.24) is 19.9 Å². The fourth-order valence-electron chi connectivity index (χ4n) is 8.57. The Bertz CT molecular complexity index is 3230. The predicted octanol–water partition coefficient (Wildman–Crippen LogP) is 12.2. The molecule has 0 aliphatic heterocycles. The highest BCUT2D eigenvalue weighted by molar-refractivity contribution is 7.85. The first kappa shape index (κ1) is 35.6. The van der Waals surface area contributed by atoms with Crippen molar-refractivity contribution in [3.8, 4) is 44.5 Å². The minimum atomic E-state index is -3.85. The summed E-state index contributed by atoms with van der Waals surface area (Å²) in [5.41, 5.74) is 11.8. The van der Waals surface area contributed by atoms with Gasteiger partial charge in [0.25, 0.3) is 0 Å². The van der Waals surface area contributed by atoms with E-state index in [-0.39, 0.29) is 0 Å². The van der Waals surface area contributed by atoms with Crippen LogP contribution in [-0.4, -0.2) is 19.9 Å². The van der Waals surface area contributed by atoms with Gasteiger partial charge in [0, 0.05) is 39.2 Å². The van der Waals surface area contributed by atoms with Gasteiger partial charge in [0.15, 0.2) is 0 Å². The van der Waals surface area contributed by atoms with Crippen LogP contribution in [-0.2, 0) is 4.57 Å². The molecular formula is C54H35N4OP. The maximum atomic E-state index is 17.0. The number of hydrogen-bond acceptors (Lipinski definition) is 5. The molecule has 4 heterocycles. The third-order valence-corrected chi connectivity index (χ3v) is 14.2. The maximum Gasteiger partial charge on any atom is 0.206 e. The van der Waals surface area contributed by atoms with Crippen LogP contribution in [0.2, 0.25) is 0 Å². The van der Waals surface area contributed by atoms with Gasteiger partial charge in [-0.1, -0.05) is 176 Å². The number of benzene rings is 7. The third-order valence-electron chi connectivity index (χ3n) is 11.5. The summed E-state index contributed by atoms with van der Waals surface area (Å²) >= 11 is 0. The molecule has 11 aromatic rings. The summed E-state index contributed by atoms with van der Waals surface area (Å²) in [4.78, 5) is 20.9. The van der Waals surface area contributed by atoms with Crippen LogP contribution in [0.25, 0.3) is 88.1 Å². The average Bonchev–Trinajstić information content (AvgIpc) is 3.33. The zero-order valence-corrected chi connectivity index (χ0v) is 33.2. The molecule has 7 aromatic carbocycles. The van der Waals surface area contributed by atoms with Gasteiger partial charge in [0.1, 0.15) is 10.9 Å². The van der Waals surface area contributed by atoms with Crippen LogP contribution in [0.3, 0.4) is 0 Å². The lowest BCUT2D eigenvalue weighted by atomic mass is 9.96. The number of hydrogen-bond donors (Lipinski definition) is 0. The van der Waals surface area contributed by atoms with Crippen molar-refractivity contribution in [3.63, 3.8) is 0 Å². The van der Waals surface area contributed by atoms with Gasteiger partial charge in [0.05, 0.1) is 22.1 Å². The van der Waals surface area contributed by atoms with Gasteiger partial charge in [-0.2, -0.15) is 0 Å². The molecule has 0 radical (unpaired) electrons. The van der Waals surface area contributed by atoms with Crippen molar-refractivity contribution >= 4 is 66.9 Å². The average molecular weight is 787 g/mol. The molecule has 11 rings (SSSR count). The van der Waals surface area contributed by atoms with E-state index in [0.29, 0.717) is 27.2 Å². The van der Waals surface area contributed by atoms with Crippen molar-refractivity contribution in [2.45, 2.75) is 0 Å². The Hall–Kier alpha value is -7.59. The highest BCUT2D eigenvalue weighted by Gasteiger charge is 2.35. The molecule has 0 aliphatic rings. The molecule has 0 aliphatic carbocycles. The molecule has 6 heteroatoms. The normalized spacial score (nSPS) is 11.7. The Kier molecular flexibility index (Phi) is 8.69. The zero-order chi connectivity index (χ0) is 40.0. The van der Waals surface area contributed by atoms with E-state index in [9.17, 15) is 0 Å². The molecule has 5 nitrogen and oxygen atoms in total. The molecule has 0 amide bonds. The van der Waals surface area contributed by atoms with Gasteiger partial charge in [0.2, 0.25) is 7.14 Å². The van der Waals surface area contributed by atoms with Crippen molar-refractivity contribution in [2.75, 3.05) is 0 Å². The fraction of sp³-hybridized carbons (Fsp3) is 0. The molecule has 0 bridgehead atoms. The minimum Gasteiger partial charge on any atom is -0.305 e. The molecule has 0 unspecified atom stereocenters. The van der Waals surface area contributed by atoms with Crippen LogP contribution < -0.4 is 16.2 Å². The quantitative estimate of drug-likeness (QED) is 0.119. The first-order chi connectivity index (χ1) is 29.6. The molecule has 0 N–H and O–H groups in total. The first-order valence-electron chi connectivity index (χ1n) is 20.0. The molecule has 60 heavy (non-hydrogen) atoms. The monoisotopic (exact) mass is 786 g/mol. The predicted molar refractivity (Wildman–Crippen MR) is 249 cm³/mol. The maximum absolute atomic E-state index is 17.0. The van der Waals surface area contributed by atoms with Crippen LogP contribution in [0.4, 0.5) is 0 Å². The molecule has 0 saturated carbocycles. The van der Waals surface area contributed by atoms with Crippen molar-refractivity contribution in [2.24, 2.45) is 0 Å². The number of pyridine rings is 4. The van der Waals surface area contributed by atoms with E-state index in [1.165, 1.54) is 0 Å². The van der Waals surface area contributed by atoms with Gasteiger partial charge in [-0.25, -0.2) is 9.97 Å². The summed E-state index contributed by atoms with van der Waals surface area (Å²) in [6.45, 7) is 0. The van der Waals surface area contributed by atoms with Gasteiger partial charge in [-0.3, -0.25) is 9.97 Å². The highest BCUT2D eigenvalue weighted by Crippen LogP contribution is 2.46. The van der Waals surface area contributed by atoms with Gasteiger partial charge in [-0.05, 0) is 68.8 Å². The third kappa shape index (κ3) is 5.90. The smallest absolute Gasteiger partial charge is 0.206 e. The number of nitrogens with zero attached hydrogens (tertiary/aromatic N) is 4. The highest BCUT2D eigenvalue weighted by atomic mass is 31.2. The van der Waals surface area contributed by atoms with Crippen LogP contribution in [0.1, 0.15) is 0 Å². The van der Waals surface area contributed by atoms with E-state index in [1.54, 1.807) is 0 Å². The Morgan fingerprint density at radius 1 is 0.317 bits per heavy atom. The second-order valence-electron chi connectivity index (χ2n) is 14.9. The lowest BCUT2D eigenvalue weighted by Gasteiger charge is -2.22. The van der Waals surface area contributed by atoms with Crippen molar-refractivity contribution in [1.29, 1.82) is 0 Å². The molecule has 282 valence electrons. The fourth-order valence-corrected chi connectivity index (χ4v) is 11.0. The minimum absolute atomic E-state index is 0.434. The first-order valence-corrected chi connectivity index (χ1v) is 21.7. The van der Waals surface area contributed by atoms with E-state index in [0.717, 1.165) is 77.1 Å². The van der Waals surface area contributed by atoms with Crippen molar-refractivity contribution in [3.05, 3.63) is 213 Å². The summed E-state index contributed by atoms with van der Waals surface area (Å²) in [7, 11) is -3.85. The molecule has 0 atom stereocenters. The second-order valence-corrected chi connectivity index (χ2v) is 17.5. The summed E-state index contributed by atoms with van der Waals surface area (Å²) in [5.74, 6) is 0. The van der Waals surface area contributed by atoms with Gasteiger partial charge < -0.3 is 4.57 Å². The van der Waals surface area contributed by atoms with Gasteiger partial charge in [-0.15, -0.1) is 0 Å². The van der Waals surface area contributed by atoms with Crippen LogP contribution in [0.15, 0.2) is 213 Å². The van der Waals surface area contributed by atoms with Crippen LogP contribution >= 0.6 is 7.14 Å². The molecule has 0 fully saturated rings. The summed E-state index contributed by atoms with van der Waals surface area (Å²) in [6.07, 6.45) is 3.69. The number of rotatable bonds is 7. The van der Waals surface area contributed by atoms with Gasteiger partial charge >= 0.3 is 0 Å². The molecule has 4 aromatic heterocycles. The van der Waals surface area contributed by atoms with Crippen molar-refractivity contribution < 1.29 is 4.57 Å². The Labute approximate surface area is 347 Å². The Morgan fingerprint density at radius 3 is 1.00 bits per heavy atom. The largest absolute Gasteiger partial charge is 0.305 e. The van der Waals surface area contributed by atoms with E-state index in [1.807, 2.05) is 140 Å². The number of aromatic nitrogens is 4. The molecular weight excluding hydrogens is 752 g/mol. The zero-order valence-electron chi connectivity index (χ0n) is 32.4. The molecule has 0 spiro atoms. The molecule has 0 saturated heterocycles.